The predicted molar refractivity (Wildman–Crippen MR) is 95.2 cm³/mol. The number of imide groups is 1. The van der Waals surface area contributed by atoms with Crippen LogP contribution >= 0.6 is 11.3 Å². The quantitative estimate of drug-likeness (QED) is 0.454. The van der Waals surface area contributed by atoms with E-state index < -0.39 is 0 Å². The van der Waals surface area contributed by atoms with Crippen molar-refractivity contribution in [2.45, 2.75) is 39.5 Å². The molecule has 0 bridgehead atoms. The molecule has 1 aromatic heterocycles. The number of thiazole rings is 1. The maximum absolute atomic E-state index is 11.7. The molecule has 0 aliphatic carbocycles. The van der Waals surface area contributed by atoms with Crippen molar-refractivity contribution in [3.8, 4) is 0 Å². The van der Waals surface area contributed by atoms with Crippen molar-refractivity contribution in [2.75, 3.05) is 26.7 Å². The molecule has 2 rings (SSSR count). The molecular formula is C16H25N5O2S. The lowest BCUT2D eigenvalue weighted by atomic mass is 10.1. The van der Waals surface area contributed by atoms with Crippen molar-refractivity contribution >= 4 is 29.1 Å². The van der Waals surface area contributed by atoms with Crippen molar-refractivity contribution in [3.05, 3.63) is 15.6 Å². The number of hydrogen-bond donors (Lipinski definition) is 2. The van der Waals surface area contributed by atoms with Gasteiger partial charge in [0.25, 0.3) is 0 Å². The number of rotatable bonds is 6. The number of aliphatic imine (C=N–C) groups is 1. The normalized spacial score (nSPS) is 15.8. The molecular weight excluding hydrogens is 326 g/mol. The number of aryl methyl sites for hydroxylation is 2. The van der Waals surface area contributed by atoms with Gasteiger partial charge in [-0.2, -0.15) is 0 Å². The van der Waals surface area contributed by atoms with E-state index in [-0.39, 0.29) is 11.8 Å². The zero-order valence-electron chi connectivity index (χ0n) is 14.5. The smallest absolute Gasteiger partial charge is 0.229 e. The Labute approximate surface area is 146 Å². The van der Waals surface area contributed by atoms with E-state index in [1.807, 2.05) is 6.92 Å². The monoisotopic (exact) mass is 351 g/mol. The third kappa shape index (κ3) is 5.02. The molecule has 1 fully saturated rings. The van der Waals surface area contributed by atoms with E-state index in [9.17, 15) is 9.59 Å². The number of amides is 2. The molecule has 2 N–H and O–H groups in total. The molecule has 24 heavy (non-hydrogen) atoms. The Hall–Kier alpha value is -1.96. The van der Waals surface area contributed by atoms with Gasteiger partial charge in [0.1, 0.15) is 0 Å². The highest BCUT2D eigenvalue weighted by molar-refractivity contribution is 7.11. The van der Waals surface area contributed by atoms with E-state index in [0.717, 1.165) is 23.7 Å². The number of nitrogens with one attached hydrogen (secondary N) is 2. The Kier molecular flexibility index (Phi) is 6.72. The predicted octanol–water partition coefficient (Wildman–Crippen LogP) is 1.01. The van der Waals surface area contributed by atoms with Crippen LogP contribution in [0.2, 0.25) is 0 Å². The largest absolute Gasteiger partial charge is 0.356 e. The number of nitrogens with zero attached hydrogens (tertiary/aromatic N) is 3. The van der Waals surface area contributed by atoms with E-state index >= 15 is 0 Å². The van der Waals surface area contributed by atoms with Crippen LogP contribution in [0.3, 0.4) is 0 Å². The van der Waals surface area contributed by atoms with Crippen molar-refractivity contribution < 1.29 is 9.59 Å². The molecule has 1 aliphatic rings. The van der Waals surface area contributed by atoms with Crippen molar-refractivity contribution in [2.24, 2.45) is 4.99 Å². The minimum atomic E-state index is -0.0782. The van der Waals surface area contributed by atoms with Gasteiger partial charge in [-0.1, -0.05) is 0 Å². The number of likely N-dealkylation sites (tertiary alicyclic amines) is 1. The first-order chi connectivity index (χ1) is 11.5. The van der Waals surface area contributed by atoms with E-state index in [1.165, 1.54) is 9.78 Å². The molecule has 2 heterocycles. The van der Waals surface area contributed by atoms with E-state index in [2.05, 4.69) is 27.5 Å². The van der Waals surface area contributed by atoms with Gasteiger partial charge in [-0.3, -0.25) is 19.5 Å². The van der Waals surface area contributed by atoms with Gasteiger partial charge in [0.05, 0.1) is 10.7 Å². The number of hydrogen-bond acceptors (Lipinski definition) is 5. The van der Waals surface area contributed by atoms with Crippen LogP contribution in [0, 0.1) is 13.8 Å². The first kappa shape index (κ1) is 18.4. The van der Waals surface area contributed by atoms with Gasteiger partial charge in [-0.15, -0.1) is 11.3 Å². The minimum absolute atomic E-state index is 0.0782. The number of carbonyl (C=O) groups excluding carboxylic acids is 2. The maximum atomic E-state index is 11.7. The van der Waals surface area contributed by atoms with Crippen LogP contribution in [-0.4, -0.2) is 54.3 Å². The molecule has 0 unspecified atom stereocenters. The molecule has 132 valence electrons. The third-order valence-corrected chi connectivity index (χ3v) is 5.07. The summed E-state index contributed by atoms with van der Waals surface area (Å²) in [6.45, 7) is 5.70. The van der Waals surface area contributed by atoms with Gasteiger partial charge in [-0.05, 0) is 20.3 Å². The van der Waals surface area contributed by atoms with Gasteiger partial charge in [0.15, 0.2) is 5.96 Å². The second-order valence-electron chi connectivity index (χ2n) is 5.72. The number of guanidine groups is 1. The van der Waals surface area contributed by atoms with Crippen LogP contribution < -0.4 is 10.6 Å². The first-order valence-electron chi connectivity index (χ1n) is 8.22. The Morgan fingerprint density at radius 2 is 1.88 bits per heavy atom. The van der Waals surface area contributed by atoms with Gasteiger partial charge >= 0.3 is 0 Å². The Bertz CT molecular complexity index is 590. The standard InChI is InChI=1S/C16H25N5O2S/c1-11-12(2)24-13(20-11)7-8-18-16(17-3)19-9-10-21-14(22)5-4-6-15(21)23/h4-10H2,1-3H3,(H2,17,18,19). The van der Waals surface area contributed by atoms with Gasteiger partial charge in [0.2, 0.25) is 11.8 Å². The summed E-state index contributed by atoms with van der Waals surface area (Å²) in [6.07, 6.45) is 2.43. The van der Waals surface area contributed by atoms with Gasteiger partial charge < -0.3 is 10.6 Å². The lowest BCUT2D eigenvalue weighted by Crippen LogP contribution is -2.46. The number of piperidine rings is 1. The van der Waals surface area contributed by atoms with Gasteiger partial charge in [-0.25, -0.2) is 4.98 Å². The van der Waals surface area contributed by atoms with Crippen LogP contribution in [0.4, 0.5) is 0 Å². The third-order valence-electron chi connectivity index (χ3n) is 3.94. The fourth-order valence-electron chi connectivity index (χ4n) is 2.49. The molecule has 8 heteroatoms. The molecule has 1 saturated heterocycles. The van der Waals surface area contributed by atoms with Gasteiger partial charge in [0, 0.05) is 50.8 Å². The summed E-state index contributed by atoms with van der Waals surface area (Å²) in [5.74, 6) is 0.507. The zero-order valence-corrected chi connectivity index (χ0v) is 15.3. The minimum Gasteiger partial charge on any atom is -0.356 e. The molecule has 0 aromatic carbocycles. The summed E-state index contributed by atoms with van der Waals surface area (Å²) >= 11 is 1.72. The molecule has 2 amide bonds. The molecule has 7 nitrogen and oxygen atoms in total. The lowest BCUT2D eigenvalue weighted by molar-refractivity contribution is -0.147. The maximum Gasteiger partial charge on any atom is 0.229 e. The molecule has 0 spiro atoms. The second kappa shape index (κ2) is 8.77. The van der Waals surface area contributed by atoms with E-state index in [4.69, 9.17) is 0 Å². The molecule has 0 radical (unpaired) electrons. The molecule has 1 aliphatic heterocycles. The van der Waals surface area contributed by atoms with E-state index in [0.29, 0.717) is 38.3 Å². The Balaban J connectivity index is 1.70. The summed E-state index contributed by atoms with van der Waals surface area (Å²) < 4.78 is 0. The Morgan fingerprint density at radius 3 is 2.46 bits per heavy atom. The number of carbonyl (C=O) groups is 2. The van der Waals surface area contributed by atoms with Crippen LogP contribution in [0.15, 0.2) is 4.99 Å². The molecule has 1 aromatic rings. The first-order valence-corrected chi connectivity index (χ1v) is 9.03. The molecule has 0 atom stereocenters. The highest BCUT2D eigenvalue weighted by atomic mass is 32.1. The fraction of sp³-hybridized carbons (Fsp3) is 0.625. The highest BCUT2D eigenvalue weighted by Crippen LogP contribution is 2.16. The topological polar surface area (TPSA) is 86.7 Å². The van der Waals surface area contributed by atoms with Crippen LogP contribution in [-0.2, 0) is 16.0 Å². The summed E-state index contributed by atoms with van der Waals surface area (Å²) in [5.41, 5.74) is 1.09. The van der Waals surface area contributed by atoms with Crippen LogP contribution in [0.5, 0.6) is 0 Å². The SMILES string of the molecule is CN=C(NCCc1nc(C)c(C)s1)NCCN1C(=O)CCCC1=O. The summed E-state index contributed by atoms with van der Waals surface area (Å²) in [5, 5.41) is 7.47. The van der Waals surface area contributed by atoms with Crippen molar-refractivity contribution in [1.29, 1.82) is 0 Å². The van der Waals surface area contributed by atoms with Crippen LogP contribution in [0.25, 0.3) is 0 Å². The fourth-order valence-corrected chi connectivity index (χ4v) is 3.42. The second-order valence-corrected chi connectivity index (χ2v) is 7.01. The summed E-state index contributed by atoms with van der Waals surface area (Å²) in [6, 6.07) is 0. The van der Waals surface area contributed by atoms with E-state index in [1.54, 1.807) is 18.4 Å². The highest BCUT2D eigenvalue weighted by Gasteiger charge is 2.25. The average Bonchev–Trinajstić information content (AvgIpc) is 2.86. The lowest BCUT2D eigenvalue weighted by Gasteiger charge is -2.25. The Morgan fingerprint density at radius 1 is 1.21 bits per heavy atom. The number of aromatic nitrogens is 1. The molecule has 0 saturated carbocycles. The summed E-state index contributed by atoms with van der Waals surface area (Å²) in [7, 11) is 1.70. The van der Waals surface area contributed by atoms with Crippen molar-refractivity contribution in [1.82, 2.24) is 20.5 Å². The van der Waals surface area contributed by atoms with Crippen molar-refractivity contribution in [3.63, 3.8) is 0 Å². The zero-order chi connectivity index (χ0) is 17.5. The summed E-state index contributed by atoms with van der Waals surface area (Å²) in [4.78, 5) is 34.7. The van der Waals surface area contributed by atoms with Crippen LogP contribution in [0.1, 0.15) is 34.8 Å². The average molecular weight is 351 g/mol.